The molecular formula is C10H17F3N2O2. The first kappa shape index (κ1) is 14.2. The summed E-state index contributed by atoms with van der Waals surface area (Å²) in [6.07, 6.45) is -3.64. The van der Waals surface area contributed by atoms with Crippen molar-refractivity contribution in [3.8, 4) is 0 Å². The van der Waals surface area contributed by atoms with E-state index in [9.17, 15) is 18.0 Å². The minimum atomic E-state index is -4.75. The first-order chi connectivity index (χ1) is 7.70. The van der Waals surface area contributed by atoms with Crippen molar-refractivity contribution in [2.45, 2.75) is 31.5 Å². The Labute approximate surface area is 97.6 Å². The Hall–Kier alpha value is -0.820. The maximum atomic E-state index is 12.6. The second-order valence-electron chi connectivity index (χ2n) is 4.62. The zero-order chi connectivity index (χ0) is 13.3. The summed E-state index contributed by atoms with van der Waals surface area (Å²) in [5, 5.41) is 8.73. The van der Waals surface area contributed by atoms with Crippen LogP contribution in [0.2, 0.25) is 0 Å². The van der Waals surface area contributed by atoms with Crippen molar-refractivity contribution in [2.24, 2.45) is 11.7 Å². The van der Waals surface area contributed by atoms with Gasteiger partial charge in [-0.15, -0.1) is 0 Å². The summed E-state index contributed by atoms with van der Waals surface area (Å²) in [7, 11) is 0. The second kappa shape index (κ2) is 4.81. The maximum absolute atomic E-state index is 12.6. The van der Waals surface area contributed by atoms with Gasteiger partial charge in [0.2, 0.25) is 0 Å². The Balaban J connectivity index is 2.67. The van der Waals surface area contributed by atoms with Crippen LogP contribution in [0.25, 0.3) is 0 Å². The summed E-state index contributed by atoms with van der Waals surface area (Å²) in [6.45, 7) is 1.18. The van der Waals surface area contributed by atoms with Crippen LogP contribution in [-0.2, 0) is 4.79 Å². The molecule has 2 atom stereocenters. The van der Waals surface area contributed by atoms with Gasteiger partial charge in [-0.05, 0) is 25.7 Å². The molecule has 1 rings (SSSR count). The molecule has 0 bridgehead atoms. The first-order valence-corrected chi connectivity index (χ1v) is 5.46. The molecule has 0 aromatic rings. The summed E-state index contributed by atoms with van der Waals surface area (Å²) >= 11 is 0. The molecule has 1 saturated heterocycles. The summed E-state index contributed by atoms with van der Waals surface area (Å²) in [6, 6.07) is 0. The zero-order valence-corrected chi connectivity index (χ0v) is 9.63. The van der Waals surface area contributed by atoms with Gasteiger partial charge < -0.3 is 15.7 Å². The molecule has 0 spiro atoms. The SMILES string of the molecule is CC(N)(C(=O)N1CCC(CCO)C1)C(F)(F)F. The van der Waals surface area contributed by atoms with Crippen molar-refractivity contribution < 1.29 is 23.1 Å². The molecule has 1 aliphatic rings. The lowest BCUT2D eigenvalue weighted by Crippen LogP contribution is -2.61. The van der Waals surface area contributed by atoms with Gasteiger partial charge in [0.15, 0.2) is 5.54 Å². The van der Waals surface area contributed by atoms with Crippen LogP contribution >= 0.6 is 0 Å². The molecule has 0 saturated carbocycles. The minimum Gasteiger partial charge on any atom is -0.396 e. The standard InChI is InChI=1S/C10H17F3N2O2/c1-9(14,10(11,12)13)8(17)15-4-2-7(6-15)3-5-16/h7,16H,2-6,14H2,1H3. The number of hydrogen-bond acceptors (Lipinski definition) is 3. The summed E-state index contributed by atoms with van der Waals surface area (Å²) in [5.74, 6) is -1.03. The van der Waals surface area contributed by atoms with Gasteiger partial charge in [0.05, 0.1) is 0 Å². The largest absolute Gasteiger partial charge is 0.415 e. The van der Waals surface area contributed by atoms with Gasteiger partial charge in [0.25, 0.3) is 5.91 Å². The van der Waals surface area contributed by atoms with E-state index in [-0.39, 0.29) is 25.6 Å². The average Bonchev–Trinajstić information content (AvgIpc) is 2.64. The van der Waals surface area contributed by atoms with E-state index in [0.717, 1.165) is 4.90 Å². The topological polar surface area (TPSA) is 66.6 Å². The lowest BCUT2D eigenvalue weighted by Gasteiger charge is -2.30. The molecule has 0 radical (unpaired) electrons. The van der Waals surface area contributed by atoms with Crippen LogP contribution in [0.15, 0.2) is 0 Å². The highest BCUT2D eigenvalue weighted by molar-refractivity contribution is 5.86. The van der Waals surface area contributed by atoms with Crippen LogP contribution in [-0.4, -0.2) is 47.3 Å². The third kappa shape index (κ3) is 2.90. The van der Waals surface area contributed by atoms with Crippen LogP contribution in [0.4, 0.5) is 13.2 Å². The predicted octanol–water partition coefficient (Wildman–Crippen LogP) is 0.497. The van der Waals surface area contributed by atoms with E-state index in [1.807, 2.05) is 0 Å². The number of amides is 1. The fourth-order valence-corrected chi connectivity index (χ4v) is 1.89. The quantitative estimate of drug-likeness (QED) is 0.770. The van der Waals surface area contributed by atoms with E-state index in [1.54, 1.807) is 0 Å². The monoisotopic (exact) mass is 254 g/mol. The number of alkyl halides is 3. The Morgan fingerprint density at radius 3 is 2.59 bits per heavy atom. The molecule has 0 aromatic heterocycles. The number of carbonyl (C=O) groups is 1. The fourth-order valence-electron chi connectivity index (χ4n) is 1.89. The molecule has 2 unspecified atom stereocenters. The third-order valence-corrected chi connectivity index (χ3v) is 3.14. The van der Waals surface area contributed by atoms with Gasteiger partial charge in [-0.3, -0.25) is 4.79 Å². The molecule has 4 nitrogen and oxygen atoms in total. The molecule has 1 aliphatic heterocycles. The first-order valence-electron chi connectivity index (χ1n) is 5.46. The number of rotatable bonds is 3. The molecule has 0 aliphatic carbocycles. The molecule has 17 heavy (non-hydrogen) atoms. The fraction of sp³-hybridized carbons (Fsp3) is 0.900. The number of halogens is 3. The van der Waals surface area contributed by atoms with Crippen LogP contribution in [0.3, 0.4) is 0 Å². The molecule has 3 N–H and O–H groups in total. The van der Waals surface area contributed by atoms with Gasteiger partial charge in [0.1, 0.15) is 0 Å². The Kier molecular flexibility index (Phi) is 4.03. The highest BCUT2D eigenvalue weighted by Crippen LogP contribution is 2.31. The number of carbonyl (C=O) groups excluding carboxylic acids is 1. The minimum absolute atomic E-state index is 0.0220. The molecule has 0 aromatic carbocycles. The highest BCUT2D eigenvalue weighted by atomic mass is 19.4. The average molecular weight is 254 g/mol. The van der Waals surface area contributed by atoms with Gasteiger partial charge in [-0.1, -0.05) is 0 Å². The Morgan fingerprint density at radius 1 is 1.53 bits per heavy atom. The summed E-state index contributed by atoms with van der Waals surface area (Å²) < 4.78 is 37.7. The molecule has 1 fully saturated rings. The number of aliphatic hydroxyl groups is 1. The van der Waals surface area contributed by atoms with Crippen LogP contribution < -0.4 is 5.73 Å². The summed E-state index contributed by atoms with van der Waals surface area (Å²) in [4.78, 5) is 12.8. The van der Waals surface area contributed by atoms with Crippen LogP contribution in [0.5, 0.6) is 0 Å². The van der Waals surface area contributed by atoms with Gasteiger partial charge in [0, 0.05) is 19.7 Å². The Morgan fingerprint density at radius 2 is 2.12 bits per heavy atom. The van der Waals surface area contributed by atoms with Crippen molar-refractivity contribution in [3.05, 3.63) is 0 Å². The third-order valence-electron chi connectivity index (χ3n) is 3.14. The molecular weight excluding hydrogens is 237 g/mol. The van der Waals surface area contributed by atoms with E-state index in [1.165, 1.54) is 0 Å². The van der Waals surface area contributed by atoms with E-state index in [2.05, 4.69) is 0 Å². The number of aliphatic hydroxyl groups excluding tert-OH is 1. The van der Waals surface area contributed by atoms with E-state index < -0.39 is 17.6 Å². The maximum Gasteiger partial charge on any atom is 0.415 e. The Bertz CT molecular complexity index is 292. The van der Waals surface area contributed by atoms with Crippen LogP contribution in [0, 0.1) is 5.92 Å². The lowest BCUT2D eigenvalue weighted by molar-refractivity contribution is -0.193. The molecule has 7 heteroatoms. The lowest BCUT2D eigenvalue weighted by atomic mass is 10.0. The van der Waals surface area contributed by atoms with E-state index in [0.29, 0.717) is 19.8 Å². The predicted molar refractivity (Wildman–Crippen MR) is 55.0 cm³/mol. The van der Waals surface area contributed by atoms with E-state index in [4.69, 9.17) is 10.8 Å². The number of nitrogens with two attached hydrogens (primary N) is 1. The second-order valence-corrected chi connectivity index (χ2v) is 4.62. The van der Waals surface area contributed by atoms with Gasteiger partial charge in [-0.2, -0.15) is 13.2 Å². The van der Waals surface area contributed by atoms with Crippen LogP contribution in [0.1, 0.15) is 19.8 Å². The van der Waals surface area contributed by atoms with Gasteiger partial charge >= 0.3 is 6.18 Å². The molecule has 1 amide bonds. The molecule has 1 heterocycles. The highest BCUT2D eigenvalue weighted by Gasteiger charge is 2.55. The normalized spacial score (nSPS) is 24.8. The van der Waals surface area contributed by atoms with E-state index >= 15 is 0 Å². The number of hydrogen-bond donors (Lipinski definition) is 2. The summed E-state index contributed by atoms with van der Waals surface area (Å²) in [5.41, 5.74) is 2.24. The van der Waals surface area contributed by atoms with Crippen molar-refractivity contribution in [1.82, 2.24) is 4.90 Å². The zero-order valence-electron chi connectivity index (χ0n) is 9.63. The van der Waals surface area contributed by atoms with Crippen molar-refractivity contribution >= 4 is 5.91 Å². The number of likely N-dealkylation sites (tertiary alicyclic amines) is 1. The smallest absolute Gasteiger partial charge is 0.396 e. The van der Waals surface area contributed by atoms with Crippen molar-refractivity contribution in [3.63, 3.8) is 0 Å². The van der Waals surface area contributed by atoms with Gasteiger partial charge in [-0.25, -0.2) is 0 Å². The van der Waals surface area contributed by atoms with Crippen molar-refractivity contribution in [2.75, 3.05) is 19.7 Å². The molecule has 100 valence electrons. The number of nitrogens with zero attached hydrogens (tertiary/aromatic N) is 1. The van der Waals surface area contributed by atoms with Crippen molar-refractivity contribution in [1.29, 1.82) is 0 Å².